The number of nitro groups is 1. The normalized spacial score (nSPS) is 10.5. The lowest BCUT2D eigenvalue weighted by atomic mass is 10.3. The molecule has 3 heterocycles. The molecule has 0 radical (unpaired) electrons. The molecule has 0 aliphatic carbocycles. The predicted molar refractivity (Wildman–Crippen MR) is 89.8 cm³/mol. The van der Waals surface area contributed by atoms with Gasteiger partial charge in [0.1, 0.15) is 0 Å². The van der Waals surface area contributed by atoms with Gasteiger partial charge >= 0.3 is 5.00 Å². The molecule has 0 unspecified atom stereocenters. The van der Waals surface area contributed by atoms with Crippen LogP contribution in [0.1, 0.15) is 14.5 Å². The molecule has 0 aromatic carbocycles. The van der Waals surface area contributed by atoms with Crippen LogP contribution in [0.3, 0.4) is 0 Å². The molecule has 112 valence electrons. The van der Waals surface area contributed by atoms with Crippen LogP contribution in [0.15, 0.2) is 41.8 Å². The lowest BCUT2D eigenvalue weighted by Crippen LogP contribution is -2.21. The third-order valence-electron chi connectivity index (χ3n) is 2.84. The van der Waals surface area contributed by atoms with Gasteiger partial charge < -0.3 is 5.32 Å². The number of nitrogens with zero attached hydrogens (tertiary/aromatic N) is 1. The van der Waals surface area contributed by atoms with E-state index in [9.17, 15) is 14.9 Å². The molecule has 0 aliphatic rings. The molecular weight excluding hydrogens is 340 g/mol. The van der Waals surface area contributed by atoms with E-state index in [2.05, 4.69) is 11.4 Å². The lowest BCUT2D eigenvalue weighted by molar-refractivity contribution is -0.380. The van der Waals surface area contributed by atoms with E-state index >= 15 is 0 Å². The fourth-order valence-electron chi connectivity index (χ4n) is 1.83. The van der Waals surface area contributed by atoms with Crippen molar-refractivity contribution in [3.63, 3.8) is 0 Å². The first-order chi connectivity index (χ1) is 10.6. The van der Waals surface area contributed by atoms with Gasteiger partial charge in [-0.05, 0) is 29.6 Å². The minimum Gasteiger partial charge on any atom is -0.346 e. The Kier molecular flexibility index (Phi) is 4.32. The van der Waals surface area contributed by atoms with E-state index in [1.54, 1.807) is 22.7 Å². The molecule has 8 heteroatoms. The molecule has 1 amide bonds. The first kappa shape index (κ1) is 14.9. The molecule has 0 atom stereocenters. The molecule has 0 saturated heterocycles. The van der Waals surface area contributed by atoms with E-state index in [1.807, 2.05) is 23.6 Å². The summed E-state index contributed by atoms with van der Waals surface area (Å²) in [5.41, 5.74) is 0. The van der Waals surface area contributed by atoms with Gasteiger partial charge in [-0.15, -0.1) is 22.7 Å². The van der Waals surface area contributed by atoms with Gasteiger partial charge in [-0.3, -0.25) is 14.9 Å². The Hall–Kier alpha value is -2.03. The molecule has 5 nitrogen and oxygen atoms in total. The largest absolute Gasteiger partial charge is 0.346 e. The fraction of sp³-hybridized carbons (Fsp3) is 0.0714. The maximum absolute atomic E-state index is 12.0. The van der Waals surface area contributed by atoms with Gasteiger partial charge in [-0.1, -0.05) is 17.4 Å². The molecule has 3 aromatic rings. The topological polar surface area (TPSA) is 72.2 Å². The number of nitrogens with one attached hydrogen (secondary N) is 1. The maximum Gasteiger partial charge on any atom is 0.324 e. The third-order valence-corrected chi connectivity index (χ3v) is 6.03. The van der Waals surface area contributed by atoms with E-state index in [0.29, 0.717) is 11.4 Å². The van der Waals surface area contributed by atoms with Gasteiger partial charge in [-0.2, -0.15) is 0 Å². The summed E-state index contributed by atoms with van der Waals surface area (Å²) in [7, 11) is 0. The smallest absolute Gasteiger partial charge is 0.324 e. The van der Waals surface area contributed by atoms with Crippen LogP contribution in [-0.2, 0) is 6.54 Å². The highest BCUT2D eigenvalue weighted by Gasteiger charge is 2.15. The Morgan fingerprint density at radius 1 is 1.14 bits per heavy atom. The first-order valence-corrected chi connectivity index (χ1v) is 8.80. The van der Waals surface area contributed by atoms with Crippen LogP contribution in [0, 0.1) is 10.1 Å². The molecule has 0 fully saturated rings. The summed E-state index contributed by atoms with van der Waals surface area (Å²) in [6.07, 6.45) is 0. The molecule has 0 saturated carbocycles. The van der Waals surface area contributed by atoms with Crippen molar-refractivity contribution in [2.45, 2.75) is 6.54 Å². The summed E-state index contributed by atoms with van der Waals surface area (Å²) in [5, 5.41) is 15.4. The van der Waals surface area contributed by atoms with Gasteiger partial charge in [0.25, 0.3) is 5.91 Å². The zero-order valence-corrected chi connectivity index (χ0v) is 13.6. The summed E-state index contributed by atoms with van der Waals surface area (Å²) in [4.78, 5) is 25.9. The molecule has 1 N–H and O–H groups in total. The van der Waals surface area contributed by atoms with Crippen molar-refractivity contribution in [3.8, 4) is 9.75 Å². The number of amides is 1. The standard InChI is InChI=1S/C14H10N2O3S3/c17-14(12-5-6-13(22-12)16(18)19)15-8-9-3-4-11(21-9)10-2-1-7-20-10/h1-7H,8H2,(H,15,17). The molecule has 0 aliphatic heterocycles. The molecule has 0 spiro atoms. The number of hydrogen-bond acceptors (Lipinski definition) is 6. The van der Waals surface area contributed by atoms with Crippen molar-refractivity contribution in [1.29, 1.82) is 0 Å². The van der Waals surface area contributed by atoms with Crippen molar-refractivity contribution < 1.29 is 9.72 Å². The Balaban J connectivity index is 1.62. The SMILES string of the molecule is O=C(NCc1ccc(-c2cccs2)s1)c1ccc([N+](=O)[O-])s1. The van der Waals surface area contributed by atoms with Crippen LogP contribution >= 0.6 is 34.0 Å². The van der Waals surface area contributed by atoms with E-state index < -0.39 is 4.92 Å². The molecule has 3 rings (SSSR count). The van der Waals surface area contributed by atoms with Crippen molar-refractivity contribution >= 4 is 44.9 Å². The van der Waals surface area contributed by atoms with E-state index in [4.69, 9.17) is 0 Å². The zero-order chi connectivity index (χ0) is 15.5. The second-order valence-corrected chi connectivity index (χ2v) is 7.50. The minimum absolute atomic E-state index is 0.0266. The third kappa shape index (κ3) is 3.24. The molecule has 0 bridgehead atoms. The van der Waals surface area contributed by atoms with Crippen molar-refractivity contribution in [1.82, 2.24) is 5.32 Å². The number of carbonyl (C=O) groups excluding carboxylic acids is 1. The number of carbonyl (C=O) groups is 1. The summed E-state index contributed by atoms with van der Waals surface area (Å²) in [6.45, 7) is 0.417. The first-order valence-electron chi connectivity index (χ1n) is 6.28. The quantitative estimate of drug-likeness (QED) is 0.548. The van der Waals surface area contributed by atoms with Crippen molar-refractivity contribution in [2.75, 3.05) is 0 Å². The van der Waals surface area contributed by atoms with Crippen LogP contribution in [0.4, 0.5) is 5.00 Å². The molecule has 3 aromatic heterocycles. The number of hydrogen-bond donors (Lipinski definition) is 1. The maximum atomic E-state index is 12.0. The monoisotopic (exact) mass is 350 g/mol. The highest BCUT2D eigenvalue weighted by molar-refractivity contribution is 7.21. The second-order valence-electron chi connectivity index (χ2n) is 4.32. The second kappa shape index (κ2) is 6.39. The van der Waals surface area contributed by atoms with Crippen LogP contribution in [0.5, 0.6) is 0 Å². The van der Waals surface area contributed by atoms with Gasteiger partial charge in [0.15, 0.2) is 0 Å². The van der Waals surface area contributed by atoms with Gasteiger partial charge in [0.2, 0.25) is 0 Å². The summed E-state index contributed by atoms with van der Waals surface area (Å²) in [6, 6.07) is 10.9. The Bertz CT molecular complexity index is 805. The van der Waals surface area contributed by atoms with Crippen LogP contribution in [-0.4, -0.2) is 10.8 Å². The van der Waals surface area contributed by atoms with Crippen molar-refractivity contribution in [2.24, 2.45) is 0 Å². The minimum atomic E-state index is -0.492. The lowest BCUT2D eigenvalue weighted by Gasteiger charge is -2.00. The van der Waals surface area contributed by atoms with Gasteiger partial charge in [0, 0.05) is 20.7 Å². The molecular formula is C14H10N2O3S3. The van der Waals surface area contributed by atoms with E-state index in [1.165, 1.54) is 21.9 Å². The average molecular weight is 350 g/mol. The highest BCUT2D eigenvalue weighted by atomic mass is 32.1. The average Bonchev–Trinajstić information content (AvgIpc) is 3.23. The summed E-state index contributed by atoms with van der Waals surface area (Å²) >= 11 is 4.19. The number of thiophene rings is 3. The van der Waals surface area contributed by atoms with E-state index in [-0.39, 0.29) is 10.9 Å². The predicted octanol–water partition coefficient (Wildman–Crippen LogP) is 4.38. The summed E-state index contributed by atoms with van der Waals surface area (Å²) in [5.74, 6) is -0.288. The molecule has 22 heavy (non-hydrogen) atoms. The van der Waals surface area contributed by atoms with Gasteiger partial charge in [-0.25, -0.2) is 0 Å². The van der Waals surface area contributed by atoms with Crippen LogP contribution < -0.4 is 5.32 Å². The Labute approximate surface area is 138 Å². The van der Waals surface area contributed by atoms with Crippen LogP contribution in [0.25, 0.3) is 9.75 Å². The number of rotatable bonds is 5. The zero-order valence-electron chi connectivity index (χ0n) is 11.1. The van der Waals surface area contributed by atoms with Gasteiger partial charge in [0.05, 0.1) is 16.3 Å². The highest BCUT2D eigenvalue weighted by Crippen LogP contribution is 2.31. The Morgan fingerprint density at radius 2 is 2.00 bits per heavy atom. The Morgan fingerprint density at radius 3 is 2.68 bits per heavy atom. The fourth-order valence-corrected chi connectivity index (χ4v) is 4.35. The van der Waals surface area contributed by atoms with Crippen molar-refractivity contribution in [3.05, 3.63) is 61.6 Å². The van der Waals surface area contributed by atoms with Crippen LogP contribution in [0.2, 0.25) is 0 Å². The van der Waals surface area contributed by atoms with E-state index in [0.717, 1.165) is 16.2 Å². The summed E-state index contributed by atoms with van der Waals surface area (Å²) < 4.78 is 0.